The van der Waals surface area contributed by atoms with Crippen molar-refractivity contribution in [3.63, 3.8) is 0 Å². The second kappa shape index (κ2) is 9.69. The molecule has 1 atom stereocenters. The minimum Gasteiger partial charge on any atom is -0.493 e. The summed E-state index contributed by atoms with van der Waals surface area (Å²) in [6.07, 6.45) is 5.76. The van der Waals surface area contributed by atoms with Crippen LogP contribution >= 0.6 is 0 Å². The van der Waals surface area contributed by atoms with Crippen LogP contribution < -0.4 is 14.8 Å². The van der Waals surface area contributed by atoms with E-state index in [9.17, 15) is 4.79 Å². The highest BCUT2D eigenvalue weighted by atomic mass is 16.5. The molecule has 2 aromatic carbocycles. The molecule has 6 nitrogen and oxygen atoms in total. The molecular weight excluding hydrogens is 392 g/mol. The number of aryl methyl sites for hydroxylation is 1. The summed E-state index contributed by atoms with van der Waals surface area (Å²) in [5.74, 6) is 3.58. The fourth-order valence-corrected chi connectivity index (χ4v) is 3.27. The highest BCUT2D eigenvalue weighted by Gasteiger charge is 2.21. The molecule has 1 aromatic heterocycles. The van der Waals surface area contributed by atoms with Gasteiger partial charge < -0.3 is 19.2 Å². The number of carbonyl (C=O) groups excluding carboxylic acids is 1. The lowest BCUT2D eigenvalue weighted by Crippen LogP contribution is -2.30. The summed E-state index contributed by atoms with van der Waals surface area (Å²) < 4.78 is 17.4. The van der Waals surface area contributed by atoms with Gasteiger partial charge in [-0.3, -0.25) is 4.79 Å². The molecule has 4 rings (SSSR count). The first kappa shape index (κ1) is 21.0. The van der Waals surface area contributed by atoms with Crippen LogP contribution in [0.2, 0.25) is 0 Å². The van der Waals surface area contributed by atoms with Crippen molar-refractivity contribution in [2.24, 2.45) is 5.92 Å². The van der Waals surface area contributed by atoms with Crippen molar-refractivity contribution >= 4 is 5.91 Å². The summed E-state index contributed by atoms with van der Waals surface area (Å²) in [5, 5.41) is 2.88. The molecule has 1 aliphatic rings. The number of aromatic nitrogens is 1. The number of benzene rings is 2. The second-order valence-corrected chi connectivity index (χ2v) is 8.14. The number of rotatable bonds is 10. The molecule has 6 heteroatoms. The van der Waals surface area contributed by atoms with Gasteiger partial charge >= 0.3 is 0 Å². The smallest absolute Gasteiger partial charge is 0.226 e. The quantitative estimate of drug-likeness (QED) is 0.477. The predicted molar refractivity (Wildman–Crippen MR) is 118 cm³/mol. The van der Waals surface area contributed by atoms with Crippen LogP contribution in [0.3, 0.4) is 0 Å². The van der Waals surface area contributed by atoms with E-state index >= 15 is 0 Å². The van der Waals surface area contributed by atoms with Crippen LogP contribution in [0.15, 0.2) is 59.2 Å². The molecule has 1 heterocycles. The summed E-state index contributed by atoms with van der Waals surface area (Å²) >= 11 is 0. The number of ether oxygens (including phenoxy) is 2. The van der Waals surface area contributed by atoms with Gasteiger partial charge in [-0.2, -0.15) is 0 Å². The van der Waals surface area contributed by atoms with Gasteiger partial charge in [0.1, 0.15) is 23.5 Å². The van der Waals surface area contributed by atoms with Gasteiger partial charge in [0, 0.05) is 24.6 Å². The van der Waals surface area contributed by atoms with Crippen molar-refractivity contribution in [1.29, 1.82) is 0 Å². The van der Waals surface area contributed by atoms with E-state index in [-0.39, 0.29) is 11.9 Å². The van der Waals surface area contributed by atoms with Crippen LogP contribution in [-0.4, -0.2) is 23.5 Å². The zero-order valence-corrected chi connectivity index (χ0v) is 18.0. The number of carbonyl (C=O) groups is 1. The molecule has 0 bridgehead atoms. The number of hydrogen-bond acceptors (Lipinski definition) is 5. The summed E-state index contributed by atoms with van der Waals surface area (Å²) in [7, 11) is 0. The molecule has 1 aliphatic carbocycles. The minimum absolute atomic E-state index is 0.0202. The van der Waals surface area contributed by atoms with Gasteiger partial charge in [-0.1, -0.05) is 6.07 Å². The standard InChI is InChI=1S/C25H28N2O4/c1-17(26-18(2)28)6-11-21-16-30-25(27-21)20-9-12-22(13-10-20)31-24-5-3-4-23(14-24)29-15-19-7-8-19/h3-5,9-10,12-14,16-17,19H,6-8,11,15H2,1-2H3,(H,26,28). The van der Waals surface area contributed by atoms with Crippen LogP contribution in [-0.2, 0) is 11.2 Å². The Bertz CT molecular complexity index is 1010. The number of nitrogens with zero attached hydrogens (tertiary/aromatic N) is 1. The average Bonchev–Trinajstić information content (AvgIpc) is 3.47. The van der Waals surface area contributed by atoms with E-state index in [2.05, 4.69) is 10.3 Å². The molecule has 162 valence electrons. The van der Waals surface area contributed by atoms with Crippen molar-refractivity contribution in [3.05, 3.63) is 60.5 Å². The van der Waals surface area contributed by atoms with Gasteiger partial charge in [0.15, 0.2) is 0 Å². The van der Waals surface area contributed by atoms with E-state index < -0.39 is 0 Å². The Kier molecular flexibility index (Phi) is 6.55. The first-order chi connectivity index (χ1) is 15.0. The third kappa shape index (κ3) is 6.35. The maximum atomic E-state index is 11.1. The largest absolute Gasteiger partial charge is 0.493 e. The highest BCUT2D eigenvalue weighted by molar-refractivity contribution is 5.73. The highest BCUT2D eigenvalue weighted by Crippen LogP contribution is 2.31. The topological polar surface area (TPSA) is 73.6 Å². The zero-order valence-electron chi connectivity index (χ0n) is 18.0. The van der Waals surface area contributed by atoms with Crippen LogP contribution in [0.1, 0.15) is 38.8 Å². The molecular formula is C25H28N2O4. The molecule has 1 unspecified atom stereocenters. The van der Waals surface area contributed by atoms with Gasteiger partial charge in [-0.15, -0.1) is 0 Å². The van der Waals surface area contributed by atoms with E-state index in [1.807, 2.05) is 55.5 Å². The monoisotopic (exact) mass is 420 g/mol. The maximum absolute atomic E-state index is 11.1. The Morgan fingerprint density at radius 2 is 1.94 bits per heavy atom. The number of hydrogen-bond donors (Lipinski definition) is 1. The second-order valence-electron chi connectivity index (χ2n) is 8.14. The zero-order chi connectivity index (χ0) is 21.6. The van der Waals surface area contributed by atoms with Crippen LogP contribution in [0.4, 0.5) is 0 Å². The summed E-state index contributed by atoms with van der Waals surface area (Å²) in [4.78, 5) is 15.7. The lowest BCUT2D eigenvalue weighted by atomic mass is 10.1. The van der Waals surface area contributed by atoms with E-state index in [1.165, 1.54) is 19.8 Å². The van der Waals surface area contributed by atoms with E-state index in [1.54, 1.807) is 6.26 Å². The Balaban J connectivity index is 1.32. The number of nitrogens with one attached hydrogen (secondary N) is 1. The lowest BCUT2D eigenvalue weighted by molar-refractivity contribution is -0.119. The molecule has 0 spiro atoms. The summed E-state index contributed by atoms with van der Waals surface area (Å²) in [6.45, 7) is 4.29. The van der Waals surface area contributed by atoms with E-state index in [4.69, 9.17) is 13.9 Å². The van der Waals surface area contributed by atoms with Gasteiger partial charge in [-0.25, -0.2) is 4.98 Å². The molecule has 0 aliphatic heterocycles. The van der Waals surface area contributed by atoms with Crippen molar-refractivity contribution in [3.8, 4) is 28.7 Å². The van der Waals surface area contributed by atoms with Crippen molar-refractivity contribution < 1.29 is 18.7 Å². The molecule has 3 aromatic rings. The first-order valence-electron chi connectivity index (χ1n) is 10.8. The fraction of sp³-hybridized carbons (Fsp3) is 0.360. The van der Waals surface area contributed by atoms with Crippen molar-refractivity contribution in [2.75, 3.05) is 6.61 Å². The van der Waals surface area contributed by atoms with E-state index in [0.717, 1.165) is 48.0 Å². The summed E-state index contributed by atoms with van der Waals surface area (Å²) in [6, 6.07) is 15.5. The Hall–Kier alpha value is -3.28. The molecule has 0 radical (unpaired) electrons. The molecule has 1 saturated carbocycles. The lowest BCUT2D eigenvalue weighted by Gasteiger charge is -2.10. The molecule has 1 fully saturated rings. The van der Waals surface area contributed by atoms with Gasteiger partial charge in [0.2, 0.25) is 11.8 Å². The molecule has 0 saturated heterocycles. The third-order valence-electron chi connectivity index (χ3n) is 5.16. The summed E-state index contributed by atoms with van der Waals surface area (Å²) in [5.41, 5.74) is 1.76. The van der Waals surface area contributed by atoms with Gasteiger partial charge in [-0.05, 0) is 74.9 Å². The van der Waals surface area contributed by atoms with Gasteiger partial charge in [0.05, 0.1) is 12.3 Å². The SMILES string of the molecule is CC(=O)NC(C)CCc1coc(-c2ccc(Oc3cccc(OCC4CC4)c3)cc2)n1. The minimum atomic E-state index is -0.0202. The number of amides is 1. The normalized spacial score (nSPS) is 14.1. The number of oxazole rings is 1. The van der Waals surface area contributed by atoms with Gasteiger partial charge in [0.25, 0.3) is 0 Å². The van der Waals surface area contributed by atoms with Crippen molar-refractivity contribution in [1.82, 2.24) is 10.3 Å². The fourth-order valence-electron chi connectivity index (χ4n) is 3.27. The molecule has 1 amide bonds. The van der Waals surface area contributed by atoms with E-state index in [0.29, 0.717) is 11.8 Å². The maximum Gasteiger partial charge on any atom is 0.226 e. The van der Waals surface area contributed by atoms with Crippen LogP contribution in [0, 0.1) is 5.92 Å². The Morgan fingerprint density at radius 3 is 2.68 bits per heavy atom. The van der Waals surface area contributed by atoms with Crippen LogP contribution in [0.25, 0.3) is 11.5 Å². The molecule has 31 heavy (non-hydrogen) atoms. The van der Waals surface area contributed by atoms with Crippen LogP contribution in [0.5, 0.6) is 17.2 Å². The average molecular weight is 421 g/mol. The van der Waals surface area contributed by atoms with Crippen molar-refractivity contribution in [2.45, 2.75) is 45.6 Å². The third-order valence-corrected chi connectivity index (χ3v) is 5.16. The predicted octanol–water partition coefficient (Wildman–Crippen LogP) is 5.38. The Labute approximate surface area is 182 Å². The first-order valence-corrected chi connectivity index (χ1v) is 10.8. The molecule has 1 N–H and O–H groups in total. The Morgan fingerprint density at radius 1 is 1.16 bits per heavy atom.